The highest BCUT2D eigenvalue weighted by Crippen LogP contribution is 2.23. The Balaban J connectivity index is 1.63. The largest absolute Gasteiger partial charge is 0.325 e. The fourth-order valence-corrected chi connectivity index (χ4v) is 3.53. The highest BCUT2D eigenvalue weighted by molar-refractivity contribution is 8.00. The van der Waals surface area contributed by atoms with Gasteiger partial charge in [0, 0.05) is 10.6 Å². The molecule has 1 unspecified atom stereocenters. The summed E-state index contributed by atoms with van der Waals surface area (Å²) in [6.45, 7) is 3.99. The SMILES string of the molecule is Cc1ccc(NC(=O)C(C)Sc2nnnn2Cc2cccs2)cc1F. The van der Waals surface area contributed by atoms with Crippen LogP contribution in [0.25, 0.3) is 0 Å². The Morgan fingerprint density at radius 2 is 2.28 bits per heavy atom. The number of anilines is 1. The lowest BCUT2D eigenvalue weighted by Gasteiger charge is -2.12. The molecule has 0 saturated carbocycles. The summed E-state index contributed by atoms with van der Waals surface area (Å²) in [4.78, 5) is 13.5. The lowest BCUT2D eigenvalue weighted by Crippen LogP contribution is -2.23. The Kier molecular flexibility index (Phi) is 5.44. The smallest absolute Gasteiger partial charge is 0.237 e. The van der Waals surface area contributed by atoms with Crippen molar-refractivity contribution in [2.24, 2.45) is 0 Å². The number of rotatable bonds is 6. The van der Waals surface area contributed by atoms with E-state index in [0.717, 1.165) is 4.88 Å². The van der Waals surface area contributed by atoms with Crippen LogP contribution in [0, 0.1) is 12.7 Å². The number of aromatic nitrogens is 4. The van der Waals surface area contributed by atoms with Gasteiger partial charge in [-0.25, -0.2) is 9.07 Å². The van der Waals surface area contributed by atoms with Gasteiger partial charge in [-0.05, 0) is 53.4 Å². The van der Waals surface area contributed by atoms with E-state index >= 15 is 0 Å². The van der Waals surface area contributed by atoms with Crippen molar-refractivity contribution in [3.63, 3.8) is 0 Å². The summed E-state index contributed by atoms with van der Waals surface area (Å²) in [6.07, 6.45) is 0. The highest BCUT2D eigenvalue weighted by atomic mass is 32.2. The van der Waals surface area contributed by atoms with E-state index in [4.69, 9.17) is 0 Å². The predicted molar refractivity (Wildman–Crippen MR) is 96.3 cm³/mol. The highest BCUT2D eigenvalue weighted by Gasteiger charge is 2.19. The molecule has 0 fully saturated rings. The van der Waals surface area contributed by atoms with Crippen molar-refractivity contribution in [1.82, 2.24) is 20.2 Å². The van der Waals surface area contributed by atoms with Gasteiger partial charge in [0.05, 0.1) is 11.8 Å². The van der Waals surface area contributed by atoms with Crippen molar-refractivity contribution in [1.29, 1.82) is 0 Å². The van der Waals surface area contributed by atoms with E-state index < -0.39 is 5.25 Å². The molecule has 0 spiro atoms. The maximum atomic E-state index is 13.6. The minimum Gasteiger partial charge on any atom is -0.325 e. The van der Waals surface area contributed by atoms with Crippen molar-refractivity contribution >= 4 is 34.7 Å². The third-order valence-corrected chi connectivity index (χ3v) is 5.41. The molecular formula is C16H16FN5OS2. The minimum absolute atomic E-state index is 0.237. The van der Waals surface area contributed by atoms with E-state index in [9.17, 15) is 9.18 Å². The molecule has 0 aliphatic carbocycles. The zero-order chi connectivity index (χ0) is 17.8. The number of tetrazole rings is 1. The number of halogens is 1. The monoisotopic (exact) mass is 377 g/mol. The summed E-state index contributed by atoms with van der Waals surface area (Å²) < 4.78 is 15.2. The molecule has 0 aliphatic heterocycles. The second-order valence-electron chi connectivity index (χ2n) is 5.41. The Labute approximate surface area is 152 Å². The third-order valence-electron chi connectivity index (χ3n) is 3.48. The number of aryl methyl sites for hydroxylation is 1. The molecule has 1 aromatic carbocycles. The summed E-state index contributed by atoms with van der Waals surface area (Å²) in [5.41, 5.74) is 0.965. The van der Waals surface area contributed by atoms with E-state index in [0.29, 0.717) is 23.0 Å². The van der Waals surface area contributed by atoms with Crippen LogP contribution in [0.3, 0.4) is 0 Å². The number of nitrogens with one attached hydrogen (secondary N) is 1. The number of thioether (sulfide) groups is 1. The number of thiophene rings is 1. The number of nitrogens with zero attached hydrogens (tertiary/aromatic N) is 4. The quantitative estimate of drug-likeness (QED) is 0.667. The second-order valence-corrected chi connectivity index (χ2v) is 7.75. The van der Waals surface area contributed by atoms with Crippen LogP contribution >= 0.6 is 23.1 Å². The second kappa shape index (κ2) is 7.75. The van der Waals surface area contributed by atoms with Crippen LogP contribution in [-0.2, 0) is 11.3 Å². The molecule has 2 aromatic heterocycles. The van der Waals surface area contributed by atoms with E-state index in [-0.39, 0.29) is 11.7 Å². The number of hydrogen-bond donors (Lipinski definition) is 1. The number of carbonyl (C=O) groups excluding carboxylic acids is 1. The van der Waals surface area contributed by atoms with Gasteiger partial charge in [-0.15, -0.1) is 16.4 Å². The topological polar surface area (TPSA) is 72.7 Å². The molecule has 6 nitrogen and oxygen atoms in total. The zero-order valence-electron chi connectivity index (χ0n) is 13.6. The maximum Gasteiger partial charge on any atom is 0.237 e. The first-order chi connectivity index (χ1) is 12.0. The summed E-state index contributed by atoms with van der Waals surface area (Å²) in [5, 5.41) is 16.5. The lowest BCUT2D eigenvalue weighted by molar-refractivity contribution is -0.115. The van der Waals surface area contributed by atoms with Gasteiger partial charge in [-0.3, -0.25) is 4.79 Å². The Morgan fingerprint density at radius 1 is 1.44 bits per heavy atom. The van der Waals surface area contributed by atoms with Gasteiger partial charge in [0.25, 0.3) is 0 Å². The van der Waals surface area contributed by atoms with E-state index in [1.165, 1.54) is 17.8 Å². The van der Waals surface area contributed by atoms with Gasteiger partial charge in [0.2, 0.25) is 11.1 Å². The fourth-order valence-electron chi connectivity index (χ4n) is 2.06. The first-order valence-corrected chi connectivity index (χ1v) is 9.31. The van der Waals surface area contributed by atoms with E-state index in [2.05, 4.69) is 20.8 Å². The van der Waals surface area contributed by atoms with Crippen LogP contribution in [0.1, 0.15) is 17.4 Å². The Hall–Kier alpha value is -2.26. The average molecular weight is 377 g/mol. The van der Waals surface area contributed by atoms with Crippen LogP contribution < -0.4 is 5.32 Å². The number of amides is 1. The summed E-state index contributed by atoms with van der Waals surface area (Å²) >= 11 is 2.88. The van der Waals surface area contributed by atoms with Crippen molar-refractivity contribution in [2.45, 2.75) is 30.8 Å². The van der Waals surface area contributed by atoms with Crippen molar-refractivity contribution in [3.8, 4) is 0 Å². The molecular weight excluding hydrogens is 361 g/mol. The Morgan fingerprint density at radius 3 is 3.00 bits per heavy atom. The van der Waals surface area contributed by atoms with Crippen LogP contribution in [0.5, 0.6) is 0 Å². The first kappa shape index (κ1) is 17.6. The summed E-state index contributed by atoms with van der Waals surface area (Å²) in [7, 11) is 0. The minimum atomic E-state index is -0.433. The fraction of sp³-hybridized carbons (Fsp3) is 0.250. The predicted octanol–water partition coefficient (Wildman–Crippen LogP) is 3.35. The molecule has 0 bridgehead atoms. The normalized spacial score (nSPS) is 12.1. The van der Waals surface area contributed by atoms with Crippen LogP contribution in [0.15, 0.2) is 40.9 Å². The van der Waals surface area contributed by atoms with Gasteiger partial charge in [0.15, 0.2) is 0 Å². The van der Waals surface area contributed by atoms with Crippen LogP contribution in [0.2, 0.25) is 0 Å². The molecule has 0 saturated heterocycles. The number of hydrogen-bond acceptors (Lipinski definition) is 6. The van der Waals surface area contributed by atoms with Crippen molar-refractivity contribution < 1.29 is 9.18 Å². The van der Waals surface area contributed by atoms with Gasteiger partial charge >= 0.3 is 0 Å². The van der Waals surface area contributed by atoms with Gasteiger partial charge in [-0.1, -0.05) is 23.9 Å². The van der Waals surface area contributed by atoms with Gasteiger partial charge in [-0.2, -0.15) is 0 Å². The molecule has 25 heavy (non-hydrogen) atoms. The zero-order valence-corrected chi connectivity index (χ0v) is 15.3. The lowest BCUT2D eigenvalue weighted by atomic mass is 10.2. The standard InChI is InChI=1S/C16H16FN5OS2/c1-10-5-6-12(8-14(10)17)18-15(23)11(2)25-16-19-20-21-22(16)9-13-4-3-7-24-13/h3-8,11H,9H2,1-2H3,(H,18,23). The molecule has 9 heteroatoms. The summed E-state index contributed by atoms with van der Waals surface area (Å²) in [5.74, 6) is -0.586. The number of benzene rings is 1. The van der Waals surface area contributed by atoms with E-state index in [1.807, 2.05) is 17.5 Å². The maximum absolute atomic E-state index is 13.6. The molecule has 2 heterocycles. The number of carbonyl (C=O) groups is 1. The molecule has 1 amide bonds. The average Bonchev–Trinajstić information content (AvgIpc) is 3.24. The molecule has 1 atom stereocenters. The van der Waals surface area contributed by atoms with Crippen molar-refractivity contribution in [3.05, 3.63) is 52.0 Å². The molecule has 3 rings (SSSR count). The molecule has 0 aliphatic rings. The van der Waals surface area contributed by atoms with Crippen molar-refractivity contribution in [2.75, 3.05) is 5.32 Å². The van der Waals surface area contributed by atoms with Gasteiger partial charge < -0.3 is 5.32 Å². The van der Waals surface area contributed by atoms with E-state index in [1.54, 1.807) is 42.0 Å². The molecule has 130 valence electrons. The molecule has 3 aromatic rings. The molecule has 1 N–H and O–H groups in total. The molecule has 0 radical (unpaired) electrons. The first-order valence-electron chi connectivity index (χ1n) is 7.55. The summed E-state index contributed by atoms with van der Waals surface area (Å²) in [6, 6.07) is 8.58. The van der Waals surface area contributed by atoms with Gasteiger partial charge in [0.1, 0.15) is 5.82 Å². The van der Waals surface area contributed by atoms with Crippen LogP contribution in [0.4, 0.5) is 10.1 Å². The Bertz CT molecular complexity index is 865. The third kappa shape index (κ3) is 4.43. The van der Waals surface area contributed by atoms with Crippen LogP contribution in [-0.4, -0.2) is 31.4 Å².